The van der Waals surface area contributed by atoms with E-state index in [1.165, 1.54) is 4.90 Å². The van der Waals surface area contributed by atoms with E-state index in [9.17, 15) is 14.7 Å². The SMILES string of the molecule is CN(C)C(=O)c1cccc(C(=O)NC2CCCCC2O)c1. The lowest BCUT2D eigenvalue weighted by Gasteiger charge is -2.28. The summed E-state index contributed by atoms with van der Waals surface area (Å²) in [6, 6.07) is 6.46. The summed E-state index contributed by atoms with van der Waals surface area (Å²) in [5.74, 6) is -0.378. The average molecular weight is 290 g/mol. The van der Waals surface area contributed by atoms with Crippen LogP contribution in [0.25, 0.3) is 0 Å². The van der Waals surface area contributed by atoms with Crippen LogP contribution in [-0.4, -0.2) is 48.1 Å². The van der Waals surface area contributed by atoms with Gasteiger partial charge in [-0.2, -0.15) is 0 Å². The highest BCUT2D eigenvalue weighted by molar-refractivity contribution is 5.99. The molecule has 0 saturated heterocycles. The maximum Gasteiger partial charge on any atom is 0.253 e. The molecule has 1 aromatic rings. The van der Waals surface area contributed by atoms with Crippen LogP contribution < -0.4 is 5.32 Å². The smallest absolute Gasteiger partial charge is 0.253 e. The average Bonchev–Trinajstić information content (AvgIpc) is 2.48. The molecule has 0 aliphatic heterocycles. The number of nitrogens with zero attached hydrogens (tertiary/aromatic N) is 1. The van der Waals surface area contributed by atoms with Crippen LogP contribution >= 0.6 is 0 Å². The van der Waals surface area contributed by atoms with Crippen molar-refractivity contribution in [3.63, 3.8) is 0 Å². The van der Waals surface area contributed by atoms with Crippen LogP contribution in [0.15, 0.2) is 24.3 Å². The minimum absolute atomic E-state index is 0.137. The lowest BCUT2D eigenvalue weighted by Crippen LogP contribution is -2.45. The maximum atomic E-state index is 12.3. The van der Waals surface area contributed by atoms with Crippen molar-refractivity contribution in [1.29, 1.82) is 0 Å². The van der Waals surface area contributed by atoms with Gasteiger partial charge < -0.3 is 15.3 Å². The zero-order chi connectivity index (χ0) is 15.4. The summed E-state index contributed by atoms with van der Waals surface area (Å²) < 4.78 is 0. The van der Waals surface area contributed by atoms with E-state index in [2.05, 4.69) is 5.32 Å². The molecule has 0 spiro atoms. The fraction of sp³-hybridized carbons (Fsp3) is 0.500. The second kappa shape index (κ2) is 6.72. The summed E-state index contributed by atoms with van der Waals surface area (Å²) in [4.78, 5) is 25.6. The molecule has 2 rings (SSSR count). The largest absolute Gasteiger partial charge is 0.391 e. The number of hydrogen-bond donors (Lipinski definition) is 2. The van der Waals surface area contributed by atoms with E-state index in [0.29, 0.717) is 11.1 Å². The molecular formula is C16H22N2O3. The van der Waals surface area contributed by atoms with Gasteiger partial charge in [0.05, 0.1) is 12.1 Å². The number of carbonyl (C=O) groups is 2. The van der Waals surface area contributed by atoms with Crippen LogP contribution in [0.3, 0.4) is 0 Å². The predicted octanol–water partition coefficient (Wildman–Crippen LogP) is 1.42. The summed E-state index contributed by atoms with van der Waals surface area (Å²) >= 11 is 0. The molecule has 1 aliphatic rings. The lowest BCUT2D eigenvalue weighted by molar-refractivity contribution is 0.0717. The minimum Gasteiger partial charge on any atom is -0.391 e. The van der Waals surface area contributed by atoms with Crippen LogP contribution in [0.2, 0.25) is 0 Å². The molecule has 2 amide bonds. The molecule has 21 heavy (non-hydrogen) atoms. The molecule has 2 N–H and O–H groups in total. The molecule has 2 atom stereocenters. The van der Waals surface area contributed by atoms with Gasteiger partial charge in [-0.3, -0.25) is 9.59 Å². The Balaban J connectivity index is 2.08. The lowest BCUT2D eigenvalue weighted by atomic mass is 9.92. The Morgan fingerprint density at radius 1 is 1.19 bits per heavy atom. The molecule has 114 valence electrons. The fourth-order valence-electron chi connectivity index (χ4n) is 2.58. The molecule has 5 heteroatoms. The fourth-order valence-corrected chi connectivity index (χ4v) is 2.58. The van der Waals surface area contributed by atoms with E-state index in [1.807, 2.05) is 0 Å². The summed E-state index contributed by atoms with van der Waals surface area (Å²) in [5, 5.41) is 12.8. The summed E-state index contributed by atoms with van der Waals surface area (Å²) in [6.45, 7) is 0. The van der Waals surface area contributed by atoms with Gasteiger partial charge >= 0.3 is 0 Å². The van der Waals surface area contributed by atoms with Gasteiger partial charge in [-0.1, -0.05) is 18.9 Å². The highest BCUT2D eigenvalue weighted by Crippen LogP contribution is 2.19. The van der Waals surface area contributed by atoms with Crippen LogP contribution in [0.4, 0.5) is 0 Å². The normalized spacial score (nSPS) is 21.7. The van der Waals surface area contributed by atoms with Crippen LogP contribution in [0, 0.1) is 0 Å². The van der Waals surface area contributed by atoms with E-state index in [0.717, 1.165) is 25.7 Å². The Hall–Kier alpha value is -1.88. The highest BCUT2D eigenvalue weighted by Gasteiger charge is 2.25. The molecule has 1 fully saturated rings. The standard InChI is InChI=1S/C16H22N2O3/c1-18(2)16(21)12-7-5-6-11(10-12)15(20)17-13-8-3-4-9-14(13)19/h5-7,10,13-14,19H,3-4,8-9H2,1-2H3,(H,17,20). The monoisotopic (exact) mass is 290 g/mol. The van der Waals surface area contributed by atoms with Crippen LogP contribution in [0.1, 0.15) is 46.4 Å². The van der Waals surface area contributed by atoms with Gasteiger partial charge in [0.1, 0.15) is 0 Å². The second-order valence-electron chi connectivity index (χ2n) is 5.71. The van der Waals surface area contributed by atoms with Gasteiger partial charge in [-0.15, -0.1) is 0 Å². The van der Waals surface area contributed by atoms with Crippen molar-refractivity contribution in [3.05, 3.63) is 35.4 Å². The number of hydrogen-bond acceptors (Lipinski definition) is 3. The van der Waals surface area contributed by atoms with E-state index >= 15 is 0 Å². The van der Waals surface area contributed by atoms with Gasteiger partial charge in [0, 0.05) is 25.2 Å². The first kappa shape index (κ1) is 15.5. The topological polar surface area (TPSA) is 69.6 Å². The summed E-state index contributed by atoms with van der Waals surface area (Å²) in [6.07, 6.45) is 3.06. The zero-order valence-corrected chi connectivity index (χ0v) is 12.5. The Morgan fingerprint density at radius 3 is 2.52 bits per heavy atom. The van der Waals surface area contributed by atoms with Crippen molar-refractivity contribution in [2.24, 2.45) is 0 Å². The van der Waals surface area contributed by atoms with Crippen molar-refractivity contribution in [2.45, 2.75) is 37.8 Å². The molecule has 0 bridgehead atoms. The third kappa shape index (κ3) is 3.82. The molecule has 0 aromatic heterocycles. The number of rotatable bonds is 3. The number of nitrogens with one attached hydrogen (secondary N) is 1. The molecular weight excluding hydrogens is 268 g/mol. The van der Waals surface area contributed by atoms with Crippen molar-refractivity contribution in [3.8, 4) is 0 Å². The Morgan fingerprint density at radius 2 is 1.86 bits per heavy atom. The van der Waals surface area contributed by atoms with Crippen molar-refractivity contribution in [1.82, 2.24) is 10.2 Å². The predicted molar refractivity (Wildman–Crippen MR) is 80.2 cm³/mol. The van der Waals surface area contributed by atoms with E-state index in [1.54, 1.807) is 38.4 Å². The maximum absolute atomic E-state index is 12.3. The van der Waals surface area contributed by atoms with E-state index < -0.39 is 6.10 Å². The molecule has 2 unspecified atom stereocenters. The number of benzene rings is 1. The van der Waals surface area contributed by atoms with Crippen LogP contribution in [-0.2, 0) is 0 Å². The Bertz CT molecular complexity index is 528. The van der Waals surface area contributed by atoms with E-state index in [4.69, 9.17) is 0 Å². The van der Waals surface area contributed by atoms with Crippen molar-refractivity contribution in [2.75, 3.05) is 14.1 Å². The Kier molecular flexibility index (Phi) is 4.96. The molecule has 1 aromatic carbocycles. The first-order chi connectivity index (χ1) is 9.99. The quantitative estimate of drug-likeness (QED) is 0.884. The van der Waals surface area contributed by atoms with Gasteiger partial charge in [-0.05, 0) is 31.0 Å². The zero-order valence-electron chi connectivity index (χ0n) is 12.5. The first-order valence-corrected chi connectivity index (χ1v) is 7.29. The minimum atomic E-state index is -0.478. The number of aliphatic hydroxyl groups is 1. The van der Waals surface area contributed by atoms with Gasteiger partial charge in [0.15, 0.2) is 0 Å². The highest BCUT2D eigenvalue weighted by atomic mass is 16.3. The second-order valence-corrected chi connectivity index (χ2v) is 5.71. The summed E-state index contributed by atoms with van der Waals surface area (Å²) in [7, 11) is 3.35. The molecule has 1 aliphatic carbocycles. The van der Waals surface area contributed by atoms with Gasteiger partial charge in [-0.25, -0.2) is 0 Å². The van der Waals surface area contributed by atoms with Gasteiger partial charge in [0.25, 0.3) is 11.8 Å². The van der Waals surface area contributed by atoms with Crippen molar-refractivity contribution >= 4 is 11.8 Å². The number of carbonyl (C=O) groups excluding carboxylic acids is 2. The van der Waals surface area contributed by atoms with Crippen LogP contribution in [0.5, 0.6) is 0 Å². The van der Waals surface area contributed by atoms with Gasteiger partial charge in [0.2, 0.25) is 0 Å². The molecule has 0 heterocycles. The number of amides is 2. The third-order valence-corrected chi connectivity index (χ3v) is 3.82. The van der Waals surface area contributed by atoms with Crippen molar-refractivity contribution < 1.29 is 14.7 Å². The number of aliphatic hydroxyl groups excluding tert-OH is 1. The first-order valence-electron chi connectivity index (χ1n) is 7.29. The molecule has 1 saturated carbocycles. The molecule has 5 nitrogen and oxygen atoms in total. The Labute approximate surface area is 125 Å². The van der Waals surface area contributed by atoms with E-state index in [-0.39, 0.29) is 17.9 Å². The summed E-state index contributed by atoms with van der Waals surface area (Å²) in [5.41, 5.74) is 0.928. The third-order valence-electron chi connectivity index (χ3n) is 3.82. The molecule has 0 radical (unpaired) electrons.